The highest BCUT2D eigenvalue weighted by Gasteiger charge is 2.04. The Bertz CT molecular complexity index is 625. The van der Waals surface area contributed by atoms with Crippen molar-refractivity contribution < 1.29 is 0 Å². The number of nitrogens with two attached hydrogens (primary N) is 1. The molecule has 0 amide bonds. The molecule has 0 aliphatic carbocycles. The van der Waals surface area contributed by atoms with Gasteiger partial charge < -0.3 is 5.73 Å². The maximum Gasteiger partial charge on any atom is 0.180 e. The van der Waals surface area contributed by atoms with Crippen molar-refractivity contribution in [2.24, 2.45) is 0 Å². The van der Waals surface area contributed by atoms with Crippen LogP contribution < -0.4 is 5.73 Å². The minimum atomic E-state index is 0.603. The zero-order valence-electron chi connectivity index (χ0n) is 8.50. The van der Waals surface area contributed by atoms with E-state index in [0.717, 1.165) is 16.6 Å². The second kappa shape index (κ2) is 3.61. The highest BCUT2D eigenvalue weighted by atomic mass is 32.1. The van der Waals surface area contributed by atoms with E-state index in [1.165, 1.54) is 11.3 Å². The van der Waals surface area contributed by atoms with Crippen molar-refractivity contribution in [3.63, 3.8) is 0 Å². The minimum absolute atomic E-state index is 0.603. The first-order chi connectivity index (χ1) is 7.83. The average Bonchev–Trinajstić information content (AvgIpc) is 2.87. The highest BCUT2D eigenvalue weighted by molar-refractivity contribution is 7.13. The highest BCUT2D eigenvalue weighted by Crippen LogP contribution is 2.16. The lowest BCUT2D eigenvalue weighted by molar-refractivity contribution is 0.700. The van der Waals surface area contributed by atoms with E-state index in [0.29, 0.717) is 11.7 Å². The molecule has 2 heterocycles. The average molecular weight is 230 g/mol. The van der Waals surface area contributed by atoms with Crippen LogP contribution in [0.3, 0.4) is 0 Å². The summed E-state index contributed by atoms with van der Waals surface area (Å²) in [5.74, 6) is 0. The molecular weight excluding hydrogens is 220 g/mol. The van der Waals surface area contributed by atoms with Crippen molar-refractivity contribution in [2.75, 3.05) is 5.73 Å². The van der Waals surface area contributed by atoms with Gasteiger partial charge in [0.25, 0.3) is 0 Å². The molecule has 0 saturated heterocycles. The van der Waals surface area contributed by atoms with Crippen LogP contribution in [0.15, 0.2) is 35.8 Å². The fourth-order valence-corrected chi connectivity index (χ4v) is 2.25. The molecular formula is C11H10N4S. The lowest BCUT2D eigenvalue weighted by atomic mass is 10.2. The maximum absolute atomic E-state index is 5.60. The number of hydrogen-bond acceptors (Lipinski definition) is 4. The Labute approximate surface area is 96.3 Å². The first-order valence-electron chi connectivity index (χ1n) is 4.93. The van der Waals surface area contributed by atoms with Crippen LogP contribution in [0.1, 0.15) is 5.69 Å². The van der Waals surface area contributed by atoms with Gasteiger partial charge in [-0.25, -0.2) is 4.98 Å². The molecule has 2 aromatic heterocycles. The predicted octanol–water partition coefficient (Wildman–Crippen LogP) is 2.12. The molecule has 0 atom stereocenters. The van der Waals surface area contributed by atoms with Crippen molar-refractivity contribution in [3.8, 4) is 0 Å². The van der Waals surface area contributed by atoms with E-state index in [9.17, 15) is 0 Å². The second-order valence-corrected chi connectivity index (χ2v) is 4.43. The molecule has 0 bridgehead atoms. The van der Waals surface area contributed by atoms with E-state index >= 15 is 0 Å². The van der Waals surface area contributed by atoms with E-state index in [-0.39, 0.29) is 0 Å². The SMILES string of the molecule is Nc1nc(Cn2ncc3ccccc32)cs1. The molecule has 5 heteroatoms. The van der Waals surface area contributed by atoms with Crippen LogP contribution in [0.2, 0.25) is 0 Å². The number of hydrogen-bond donors (Lipinski definition) is 1. The van der Waals surface area contributed by atoms with Gasteiger partial charge >= 0.3 is 0 Å². The summed E-state index contributed by atoms with van der Waals surface area (Å²) in [5, 5.41) is 8.05. The van der Waals surface area contributed by atoms with Gasteiger partial charge in [0.15, 0.2) is 5.13 Å². The molecule has 0 aliphatic heterocycles. The normalized spacial score (nSPS) is 11.0. The maximum atomic E-state index is 5.60. The molecule has 1 aromatic carbocycles. The Morgan fingerprint density at radius 3 is 3.00 bits per heavy atom. The minimum Gasteiger partial charge on any atom is -0.375 e. The van der Waals surface area contributed by atoms with Gasteiger partial charge in [-0.15, -0.1) is 11.3 Å². The van der Waals surface area contributed by atoms with Gasteiger partial charge in [-0.3, -0.25) is 4.68 Å². The first kappa shape index (κ1) is 9.35. The van der Waals surface area contributed by atoms with Crippen molar-refractivity contribution >= 4 is 27.4 Å². The van der Waals surface area contributed by atoms with Crippen LogP contribution in [0.4, 0.5) is 5.13 Å². The van der Waals surface area contributed by atoms with Crippen molar-refractivity contribution in [1.29, 1.82) is 0 Å². The topological polar surface area (TPSA) is 56.7 Å². The summed E-state index contributed by atoms with van der Waals surface area (Å²) in [6.45, 7) is 0.668. The number of thiazole rings is 1. The molecule has 0 saturated carbocycles. The fraction of sp³-hybridized carbons (Fsp3) is 0.0909. The van der Waals surface area contributed by atoms with E-state index < -0.39 is 0 Å². The van der Waals surface area contributed by atoms with Gasteiger partial charge in [-0.1, -0.05) is 18.2 Å². The van der Waals surface area contributed by atoms with Gasteiger partial charge in [-0.05, 0) is 6.07 Å². The molecule has 0 radical (unpaired) electrons. The number of rotatable bonds is 2. The number of nitrogen functional groups attached to an aromatic ring is 1. The molecule has 4 nitrogen and oxygen atoms in total. The Morgan fingerprint density at radius 1 is 1.31 bits per heavy atom. The fourth-order valence-electron chi connectivity index (χ4n) is 1.70. The number of aromatic nitrogens is 3. The largest absolute Gasteiger partial charge is 0.375 e. The Balaban J connectivity index is 2.00. The first-order valence-corrected chi connectivity index (χ1v) is 5.81. The van der Waals surface area contributed by atoms with Crippen LogP contribution in [-0.2, 0) is 6.54 Å². The number of benzene rings is 1. The molecule has 3 rings (SSSR count). The zero-order valence-corrected chi connectivity index (χ0v) is 9.31. The molecule has 16 heavy (non-hydrogen) atoms. The van der Waals surface area contributed by atoms with Crippen molar-refractivity contribution in [1.82, 2.24) is 14.8 Å². The molecule has 0 spiro atoms. The summed E-state index contributed by atoms with van der Waals surface area (Å²) in [5.41, 5.74) is 7.67. The van der Waals surface area contributed by atoms with E-state index in [1.807, 2.05) is 34.5 Å². The van der Waals surface area contributed by atoms with Crippen LogP contribution in [0.25, 0.3) is 10.9 Å². The van der Waals surface area contributed by atoms with Gasteiger partial charge in [0.2, 0.25) is 0 Å². The zero-order chi connectivity index (χ0) is 11.0. The lowest BCUT2D eigenvalue weighted by Gasteiger charge is -1.99. The van der Waals surface area contributed by atoms with Crippen molar-refractivity contribution in [3.05, 3.63) is 41.5 Å². The predicted molar refractivity (Wildman–Crippen MR) is 65.4 cm³/mol. The van der Waals surface area contributed by atoms with Gasteiger partial charge in [0, 0.05) is 10.8 Å². The van der Waals surface area contributed by atoms with Crippen LogP contribution >= 0.6 is 11.3 Å². The third-order valence-corrected chi connectivity index (χ3v) is 3.16. The quantitative estimate of drug-likeness (QED) is 0.733. The third kappa shape index (κ3) is 1.55. The van der Waals surface area contributed by atoms with Gasteiger partial charge in [0.1, 0.15) is 0 Å². The van der Waals surface area contributed by atoms with Crippen LogP contribution in [0.5, 0.6) is 0 Å². The summed E-state index contributed by atoms with van der Waals surface area (Å²) in [6, 6.07) is 8.12. The van der Waals surface area contributed by atoms with E-state index in [1.54, 1.807) is 0 Å². The monoisotopic (exact) mass is 230 g/mol. The molecule has 2 N–H and O–H groups in total. The molecule has 0 fully saturated rings. The Morgan fingerprint density at radius 2 is 2.19 bits per heavy atom. The summed E-state index contributed by atoms with van der Waals surface area (Å²) in [7, 11) is 0. The smallest absolute Gasteiger partial charge is 0.180 e. The molecule has 80 valence electrons. The Kier molecular flexibility index (Phi) is 2.11. The number of para-hydroxylation sites is 1. The van der Waals surface area contributed by atoms with Gasteiger partial charge in [-0.2, -0.15) is 5.10 Å². The van der Waals surface area contributed by atoms with E-state index in [2.05, 4.69) is 16.1 Å². The van der Waals surface area contributed by atoms with E-state index in [4.69, 9.17) is 5.73 Å². The second-order valence-electron chi connectivity index (χ2n) is 3.54. The third-order valence-electron chi connectivity index (χ3n) is 2.43. The molecule has 3 aromatic rings. The number of nitrogens with zero attached hydrogens (tertiary/aromatic N) is 3. The van der Waals surface area contributed by atoms with Gasteiger partial charge in [0.05, 0.1) is 24.0 Å². The molecule has 0 unspecified atom stereocenters. The van der Waals surface area contributed by atoms with Crippen LogP contribution in [-0.4, -0.2) is 14.8 Å². The molecule has 0 aliphatic rings. The summed E-state index contributed by atoms with van der Waals surface area (Å²) >= 11 is 1.46. The number of anilines is 1. The summed E-state index contributed by atoms with van der Waals surface area (Å²) < 4.78 is 1.93. The number of fused-ring (bicyclic) bond motifs is 1. The summed E-state index contributed by atoms with van der Waals surface area (Å²) in [4.78, 5) is 4.23. The standard InChI is InChI=1S/C11H10N4S/c12-11-14-9(7-16-11)6-15-10-4-2-1-3-8(10)5-13-15/h1-5,7H,6H2,(H2,12,14). The Hall–Kier alpha value is -1.88. The lowest BCUT2D eigenvalue weighted by Crippen LogP contribution is -2.01. The summed E-state index contributed by atoms with van der Waals surface area (Å²) in [6.07, 6.45) is 1.87. The van der Waals surface area contributed by atoms with Crippen LogP contribution in [0, 0.1) is 0 Å². The van der Waals surface area contributed by atoms with Crippen molar-refractivity contribution in [2.45, 2.75) is 6.54 Å².